The number of aliphatic carboxylic acids is 1. The first-order valence-electron chi connectivity index (χ1n) is 11.1. The summed E-state index contributed by atoms with van der Waals surface area (Å²) in [6.45, 7) is 3.88. The molecular formula is C23H27N3O5. The van der Waals surface area contributed by atoms with Crippen molar-refractivity contribution < 1.29 is 24.3 Å². The molecule has 4 aliphatic rings. The van der Waals surface area contributed by atoms with Crippen molar-refractivity contribution in [1.29, 1.82) is 0 Å². The summed E-state index contributed by atoms with van der Waals surface area (Å²) in [6, 6.07) is 3.11. The number of rotatable bonds is 4. The second-order valence-electron chi connectivity index (χ2n) is 9.36. The van der Waals surface area contributed by atoms with Crippen LogP contribution in [0.15, 0.2) is 12.1 Å². The molecule has 8 heteroatoms. The number of benzene rings is 1. The number of carboxylic acids is 1. The molecule has 164 valence electrons. The Bertz CT molecular complexity index is 1010. The highest BCUT2D eigenvalue weighted by Gasteiger charge is 2.71. The van der Waals surface area contributed by atoms with Crippen molar-refractivity contribution in [2.45, 2.75) is 70.0 Å². The second kappa shape index (κ2) is 6.88. The van der Waals surface area contributed by atoms with Crippen LogP contribution in [0.2, 0.25) is 0 Å². The first-order chi connectivity index (χ1) is 14.8. The van der Waals surface area contributed by atoms with E-state index in [-0.39, 0.29) is 36.6 Å². The Balaban J connectivity index is 1.63. The molecule has 3 amide bonds. The number of hydrogen-bond donors (Lipinski definition) is 3. The van der Waals surface area contributed by atoms with Gasteiger partial charge in [0, 0.05) is 29.8 Å². The SMILES string of the molecule is Cc1ccc2c(c1C)NC(=O)C21NC(CCC(=O)O)C2C(=O)N(C3CCCC3)C(=O)C21. The van der Waals surface area contributed by atoms with Crippen molar-refractivity contribution in [2.24, 2.45) is 11.8 Å². The lowest BCUT2D eigenvalue weighted by atomic mass is 9.76. The minimum Gasteiger partial charge on any atom is -0.481 e. The molecule has 2 saturated heterocycles. The summed E-state index contributed by atoms with van der Waals surface area (Å²) in [5.41, 5.74) is 1.98. The minimum atomic E-state index is -1.35. The normalized spacial score (nSPS) is 32.1. The quantitative estimate of drug-likeness (QED) is 0.634. The fraction of sp³-hybridized carbons (Fsp3) is 0.565. The topological polar surface area (TPSA) is 116 Å². The zero-order valence-corrected chi connectivity index (χ0v) is 17.7. The Hall–Kier alpha value is -2.74. The second-order valence-corrected chi connectivity index (χ2v) is 9.36. The van der Waals surface area contributed by atoms with Gasteiger partial charge >= 0.3 is 5.97 Å². The van der Waals surface area contributed by atoms with Crippen molar-refractivity contribution in [3.05, 3.63) is 28.8 Å². The number of anilines is 1. The summed E-state index contributed by atoms with van der Waals surface area (Å²) >= 11 is 0. The number of imide groups is 1. The van der Waals surface area contributed by atoms with Crippen LogP contribution in [0.4, 0.5) is 5.69 Å². The molecule has 3 heterocycles. The van der Waals surface area contributed by atoms with Gasteiger partial charge in [-0.2, -0.15) is 0 Å². The Kier molecular flexibility index (Phi) is 4.48. The number of nitrogens with zero attached hydrogens (tertiary/aromatic N) is 1. The molecule has 1 spiro atoms. The third-order valence-corrected chi connectivity index (χ3v) is 7.81. The fourth-order valence-corrected chi connectivity index (χ4v) is 6.19. The predicted octanol–water partition coefficient (Wildman–Crippen LogP) is 1.83. The summed E-state index contributed by atoms with van der Waals surface area (Å²) < 4.78 is 0. The Labute approximate surface area is 180 Å². The highest BCUT2D eigenvalue weighted by atomic mass is 16.4. The number of carbonyl (C=O) groups excluding carboxylic acids is 3. The third kappa shape index (κ3) is 2.63. The van der Waals surface area contributed by atoms with Gasteiger partial charge < -0.3 is 10.4 Å². The molecule has 8 nitrogen and oxygen atoms in total. The highest BCUT2D eigenvalue weighted by molar-refractivity contribution is 6.15. The van der Waals surface area contributed by atoms with Crippen molar-refractivity contribution >= 4 is 29.4 Å². The minimum absolute atomic E-state index is 0.119. The number of hydrogen-bond acceptors (Lipinski definition) is 5. The van der Waals surface area contributed by atoms with Crippen LogP contribution in [0, 0.1) is 25.7 Å². The molecule has 3 fully saturated rings. The lowest BCUT2D eigenvalue weighted by Gasteiger charge is -2.31. The zero-order valence-electron chi connectivity index (χ0n) is 17.7. The molecule has 3 aliphatic heterocycles. The van der Waals surface area contributed by atoms with Gasteiger partial charge in [0.15, 0.2) is 0 Å². The molecule has 4 atom stereocenters. The Morgan fingerprint density at radius 2 is 1.87 bits per heavy atom. The molecule has 1 saturated carbocycles. The van der Waals surface area contributed by atoms with Crippen LogP contribution in [0.1, 0.15) is 55.2 Å². The van der Waals surface area contributed by atoms with E-state index in [4.69, 9.17) is 0 Å². The van der Waals surface area contributed by atoms with E-state index >= 15 is 0 Å². The van der Waals surface area contributed by atoms with Gasteiger partial charge in [-0.3, -0.25) is 29.4 Å². The van der Waals surface area contributed by atoms with Gasteiger partial charge in [-0.15, -0.1) is 0 Å². The van der Waals surface area contributed by atoms with Crippen LogP contribution in [0.5, 0.6) is 0 Å². The first kappa shape index (κ1) is 20.2. The molecule has 0 bridgehead atoms. The number of carboxylic acid groups (broad SMARTS) is 1. The van der Waals surface area contributed by atoms with Crippen LogP contribution in [-0.2, 0) is 24.7 Å². The highest BCUT2D eigenvalue weighted by Crippen LogP contribution is 2.55. The third-order valence-electron chi connectivity index (χ3n) is 7.81. The van der Waals surface area contributed by atoms with E-state index in [9.17, 15) is 24.3 Å². The molecule has 0 aromatic heterocycles. The van der Waals surface area contributed by atoms with Crippen LogP contribution < -0.4 is 10.6 Å². The van der Waals surface area contributed by atoms with Gasteiger partial charge in [-0.25, -0.2) is 0 Å². The molecule has 31 heavy (non-hydrogen) atoms. The largest absolute Gasteiger partial charge is 0.481 e. The van der Waals surface area contributed by atoms with E-state index in [1.54, 1.807) is 0 Å². The van der Waals surface area contributed by atoms with Gasteiger partial charge in [0.25, 0.3) is 0 Å². The van der Waals surface area contributed by atoms with Gasteiger partial charge in [-0.05, 0) is 44.2 Å². The van der Waals surface area contributed by atoms with Gasteiger partial charge in [0.05, 0.1) is 11.8 Å². The maximum atomic E-state index is 13.7. The number of aryl methyl sites for hydroxylation is 1. The predicted molar refractivity (Wildman–Crippen MR) is 111 cm³/mol. The molecule has 5 rings (SSSR count). The van der Waals surface area contributed by atoms with E-state index in [2.05, 4.69) is 10.6 Å². The number of carbonyl (C=O) groups is 4. The van der Waals surface area contributed by atoms with E-state index in [0.717, 1.165) is 36.8 Å². The fourth-order valence-electron chi connectivity index (χ4n) is 6.19. The average molecular weight is 425 g/mol. The smallest absolute Gasteiger partial charge is 0.303 e. The van der Waals surface area contributed by atoms with Crippen LogP contribution in [0.25, 0.3) is 0 Å². The maximum absolute atomic E-state index is 13.7. The summed E-state index contributed by atoms with van der Waals surface area (Å²) in [7, 11) is 0. The monoisotopic (exact) mass is 425 g/mol. The summed E-state index contributed by atoms with van der Waals surface area (Å²) in [5, 5.41) is 15.5. The first-order valence-corrected chi connectivity index (χ1v) is 11.1. The average Bonchev–Trinajstić information content (AvgIpc) is 3.46. The van der Waals surface area contributed by atoms with Crippen molar-refractivity contribution in [3.8, 4) is 0 Å². The number of likely N-dealkylation sites (tertiary alicyclic amines) is 1. The van der Waals surface area contributed by atoms with Crippen LogP contribution >= 0.6 is 0 Å². The van der Waals surface area contributed by atoms with Crippen LogP contribution in [-0.4, -0.2) is 45.8 Å². The van der Waals surface area contributed by atoms with E-state index in [1.165, 1.54) is 4.90 Å². The molecule has 4 unspecified atom stereocenters. The molecular weight excluding hydrogens is 398 g/mol. The number of nitrogens with one attached hydrogen (secondary N) is 2. The van der Waals surface area contributed by atoms with E-state index in [1.807, 2.05) is 26.0 Å². The molecule has 1 aromatic rings. The van der Waals surface area contributed by atoms with Crippen LogP contribution in [0.3, 0.4) is 0 Å². The van der Waals surface area contributed by atoms with Gasteiger partial charge in [-0.1, -0.05) is 25.0 Å². The van der Waals surface area contributed by atoms with Gasteiger partial charge in [0.1, 0.15) is 5.54 Å². The molecule has 0 radical (unpaired) electrons. The molecule has 1 aromatic carbocycles. The maximum Gasteiger partial charge on any atom is 0.303 e. The van der Waals surface area contributed by atoms with Gasteiger partial charge in [0.2, 0.25) is 17.7 Å². The summed E-state index contributed by atoms with van der Waals surface area (Å²) in [5.74, 6) is -3.45. The Morgan fingerprint density at radius 3 is 2.55 bits per heavy atom. The Morgan fingerprint density at radius 1 is 1.16 bits per heavy atom. The summed E-state index contributed by atoms with van der Waals surface area (Å²) in [4.78, 5) is 53.3. The van der Waals surface area contributed by atoms with Crippen molar-refractivity contribution in [1.82, 2.24) is 10.2 Å². The van der Waals surface area contributed by atoms with E-state index in [0.29, 0.717) is 11.3 Å². The lowest BCUT2D eigenvalue weighted by Crippen LogP contribution is -2.54. The zero-order chi connectivity index (χ0) is 22.1. The lowest BCUT2D eigenvalue weighted by molar-refractivity contribution is -0.145. The number of fused-ring (bicyclic) bond motifs is 4. The molecule has 3 N–H and O–H groups in total. The summed E-state index contributed by atoms with van der Waals surface area (Å²) in [6.07, 6.45) is 3.58. The molecule has 1 aliphatic carbocycles. The number of amides is 3. The van der Waals surface area contributed by atoms with Crippen molar-refractivity contribution in [3.63, 3.8) is 0 Å². The van der Waals surface area contributed by atoms with Crippen molar-refractivity contribution in [2.75, 3.05) is 5.32 Å². The standard InChI is InChI=1S/C23H27N3O5/c1-11-7-8-14-19(12(11)2)24-22(31)23(14)18-17(15(25-23)9-10-16(27)28)20(29)26(21(18)30)13-5-3-4-6-13/h7-8,13,15,17-18,25H,3-6,9-10H2,1-2H3,(H,24,31)(H,27,28). The van der Waals surface area contributed by atoms with E-state index < -0.39 is 29.4 Å².